The molecule has 3 rings (SSSR count). The lowest BCUT2D eigenvalue weighted by Gasteiger charge is -2.31. The maximum atomic E-state index is 5.61. The number of thiocarbonyl (C=S) groups is 1. The summed E-state index contributed by atoms with van der Waals surface area (Å²) in [5, 5.41) is 4.18. The fourth-order valence-corrected chi connectivity index (χ4v) is 3.53. The highest BCUT2D eigenvalue weighted by atomic mass is 32.1. The molecular formula is C21H26N2O3S. The fourth-order valence-electron chi connectivity index (χ4n) is 3.27. The van der Waals surface area contributed by atoms with Crippen molar-refractivity contribution in [2.24, 2.45) is 0 Å². The zero-order valence-corrected chi connectivity index (χ0v) is 16.9. The molecule has 5 nitrogen and oxygen atoms in total. The van der Waals surface area contributed by atoms with Gasteiger partial charge in [-0.2, -0.15) is 0 Å². The average molecular weight is 387 g/mol. The van der Waals surface area contributed by atoms with Crippen molar-refractivity contribution in [2.75, 3.05) is 34.4 Å². The third kappa shape index (κ3) is 4.63. The molecule has 2 aromatic carbocycles. The molecule has 0 bridgehead atoms. The van der Waals surface area contributed by atoms with Gasteiger partial charge >= 0.3 is 0 Å². The van der Waals surface area contributed by atoms with E-state index in [1.165, 1.54) is 16.7 Å². The highest BCUT2D eigenvalue weighted by Crippen LogP contribution is 2.33. The van der Waals surface area contributed by atoms with Crippen LogP contribution in [0.2, 0.25) is 0 Å². The van der Waals surface area contributed by atoms with Gasteiger partial charge in [0.15, 0.2) is 16.6 Å². The zero-order chi connectivity index (χ0) is 19.2. The summed E-state index contributed by atoms with van der Waals surface area (Å²) in [5.41, 5.74) is 3.79. The van der Waals surface area contributed by atoms with E-state index in [0.717, 1.165) is 54.8 Å². The first kappa shape index (κ1) is 19.3. The number of nitrogens with one attached hydrogen (secondary N) is 1. The van der Waals surface area contributed by atoms with Gasteiger partial charge in [0.05, 0.1) is 21.3 Å². The minimum atomic E-state index is 0.761. The van der Waals surface area contributed by atoms with Crippen LogP contribution in [0.15, 0.2) is 36.4 Å². The topological polar surface area (TPSA) is 43.0 Å². The van der Waals surface area contributed by atoms with Crippen LogP contribution in [-0.2, 0) is 19.4 Å². The van der Waals surface area contributed by atoms with Crippen LogP contribution in [-0.4, -0.2) is 44.4 Å². The second-order valence-corrected chi connectivity index (χ2v) is 6.86. The Morgan fingerprint density at radius 2 is 1.67 bits per heavy atom. The molecule has 0 atom stereocenters. The first-order valence-corrected chi connectivity index (χ1v) is 9.45. The summed E-state index contributed by atoms with van der Waals surface area (Å²) in [6.45, 7) is 2.49. The van der Waals surface area contributed by atoms with Gasteiger partial charge in [-0.05, 0) is 66.0 Å². The molecule has 0 unspecified atom stereocenters. The Balaban J connectivity index is 1.55. The largest absolute Gasteiger partial charge is 0.497 e. The normalized spacial score (nSPS) is 12.9. The van der Waals surface area contributed by atoms with Crippen molar-refractivity contribution in [3.05, 3.63) is 53.1 Å². The van der Waals surface area contributed by atoms with E-state index >= 15 is 0 Å². The van der Waals surface area contributed by atoms with Crippen LogP contribution in [0.25, 0.3) is 0 Å². The lowest BCUT2D eigenvalue weighted by molar-refractivity contribution is 0.347. The monoisotopic (exact) mass is 386 g/mol. The molecule has 1 aliphatic heterocycles. The lowest BCUT2D eigenvalue weighted by atomic mass is 9.99. The van der Waals surface area contributed by atoms with Crippen molar-refractivity contribution in [3.8, 4) is 17.2 Å². The van der Waals surface area contributed by atoms with Crippen molar-refractivity contribution in [1.29, 1.82) is 0 Å². The average Bonchev–Trinajstić information content (AvgIpc) is 2.72. The molecule has 0 fully saturated rings. The number of ether oxygens (including phenoxy) is 3. The van der Waals surface area contributed by atoms with E-state index in [9.17, 15) is 0 Å². The molecule has 0 saturated heterocycles. The molecule has 1 heterocycles. The summed E-state index contributed by atoms with van der Waals surface area (Å²) in [4.78, 5) is 2.21. The second kappa shape index (κ2) is 8.95. The maximum Gasteiger partial charge on any atom is 0.169 e. The molecule has 0 amide bonds. The molecule has 2 aromatic rings. The Labute approximate surface area is 166 Å². The smallest absolute Gasteiger partial charge is 0.169 e. The number of rotatable bonds is 6. The van der Waals surface area contributed by atoms with Gasteiger partial charge in [0.25, 0.3) is 0 Å². The molecular weight excluding hydrogens is 360 g/mol. The van der Waals surface area contributed by atoms with Crippen molar-refractivity contribution in [3.63, 3.8) is 0 Å². The van der Waals surface area contributed by atoms with Crippen LogP contribution >= 0.6 is 12.2 Å². The van der Waals surface area contributed by atoms with Crippen molar-refractivity contribution in [1.82, 2.24) is 10.2 Å². The molecule has 6 heteroatoms. The van der Waals surface area contributed by atoms with Gasteiger partial charge in [-0.25, -0.2) is 0 Å². The lowest BCUT2D eigenvalue weighted by Crippen LogP contribution is -2.43. The van der Waals surface area contributed by atoms with Gasteiger partial charge in [-0.1, -0.05) is 12.1 Å². The predicted octanol–water partition coefficient (Wildman–Crippen LogP) is 3.19. The number of hydrogen-bond acceptors (Lipinski definition) is 4. The van der Waals surface area contributed by atoms with Gasteiger partial charge in [0, 0.05) is 19.6 Å². The Bertz CT molecular complexity index is 793. The van der Waals surface area contributed by atoms with Crippen molar-refractivity contribution in [2.45, 2.75) is 19.4 Å². The molecule has 0 spiro atoms. The van der Waals surface area contributed by atoms with E-state index in [4.69, 9.17) is 26.4 Å². The molecule has 1 N–H and O–H groups in total. The van der Waals surface area contributed by atoms with E-state index in [1.54, 1.807) is 21.3 Å². The third-order valence-electron chi connectivity index (χ3n) is 4.85. The Morgan fingerprint density at radius 3 is 2.30 bits per heavy atom. The van der Waals surface area contributed by atoms with Crippen LogP contribution in [0.1, 0.15) is 16.7 Å². The number of fused-ring (bicyclic) bond motifs is 1. The number of nitrogens with zero attached hydrogens (tertiary/aromatic N) is 1. The van der Waals surface area contributed by atoms with Gasteiger partial charge < -0.3 is 24.4 Å². The van der Waals surface area contributed by atoms with Gasteiger partial charge in [0.2, 0.25) is 0 Å². The summed E-state index contributed by atoms with van der Waals surface area (Å²) in [6.07, 6.45) is 1.86. The molecule has 144 valence electrons. The minimum Gasteiger partial charge on any atom is -0.497 e. The molecule has 0 radical (unpaired) electrons. The van der Waals surface area contributed by atoms with Crippen LogP contribution in [0.3, 0.4) is 0 Å². The third-order valence-corrected chi connectivity index (χ3v) is 5.26. The number of methoxy groups -OCH3 is 3. The van der Waals surface area contributed by atoms with Crippen LogP contribution in [0, 0.1) is 0 Å². The molecule has 27 heavy (non-hydrogen) atoms. The highest BCUT2D eigenvalue weighted by Gasteiger charge is 2.20. The van der Waals surface area contributed by atoms with E-state index in [2.05, 4.69) is 34.5 Å². The van der Waals surface area contributed by atoms with Crippen LogP contribution in [0.4, 0.5) is 0 Å². The summed E-state index contributed by atoms with van der Waals surface area (Å²) < 4.78 is 16.0. The first-order chi connectivity index (χ1) is 13.1. The molecule has 0 aromatic heterocycles. The number of benzene rings is 2. The van der Waals surface area contributed by atoms with E-state index in [-0.39, 0.29) is 0 Å². The minimum absolute atomic E-state index is 0.761. The summed E-state index contributed by atoms with van der Waals surface area (Å²) >= 11 is 5.61. The van der Waals surface area contributed by atoms with E-state index < -0.39 is 0 Å². The van der Waals surface area contributed by atoms with E-state index in [1.807, 2.05) is 12.1 Å². The van der Waals surface area contributed by atoms with Crippen LogP contribution < -0.4 is 19.5 Å². The first-order valence-electron chi connectivity index (χ1n) is 9.04. The van der Waals surface area contributed by atoms with Crippen LogP contribution in [0.5, 0.6) is 17.2 Å². The zero-order valence-electron chi connectivity index (χ0n) is 16.1. The summed E-state index contributed by atoms with van der Waals surface area (Å²) in [7, 11) is 5.01. The highest BCUT2D eigenvalue weighted by molar-refractivity contribution is 7.80. The van der Waals surface area contributed by atoms with Gasteiger partial charge in [-0.3, -0.25) is 0 Å². The van der Waals surface area contributed by atoms with Gasteiger partial charge in [0.1, 0.15) is 5.75 Å². The standard InChI is InChI=1S/C21H26N2O3S/c1-24-18-6-4-15(5-7-18)8-10-22-21(27)23-11-9-16-12-19(25-2)20(26-3)13-17(16)14-23/h4-7,12-13H,8-11,14H2,1-3H3,(H,22,27). The summed E-state index contributed by atoms with van der Waals surface area (Å²) in [5.74, 6) is 2.42. The van der Waals surface area contributed by atoms with E-state index in [0.29, 0.717) is 0 Å². The Hall–Kier alpha value is -2.47. The van der Waals surface area contributed by atoms with Gasteiger partial charge in [-0.15, -0.1) is 0 Å². The fraction of sp³-hybridized carbons (Fsp3) is 0.381. The maximum absolute atomic E-state index is 5.61. The molecule has 0 saturated carbocycles. The molecule has 1 aliphatic rings. The summed E-state index contributed by atoms with van der Waals surface area (Å²) in [6, 6.07) is 12.3. The molecule has 0 aliphatic carbocycles. The quantitative estimate of drug-likeness (QED) is 0.769. The Kier molecular flexibility index (Phi) is 6.40. The Morgan fingerprint density at radius 1 is 1.00 bits per heavy atom. The SMILES string of the molecule is COc1ccc(CCNC(=S)N2CCc3cc(OC)c(OC)cc3C2)cc1. The van der Waals surface area contributed by atoms with Crippen molar-refractivity contribution < 1.29 is 14.2 Å². The van der Waals surface area contributed by atoms with Crippen molar-refractivity contribution >= 4 is 17.3 Å². The predicted molar refractivity (Wildman–Crippen MR) is 111 cm³/mol. The number of hydrogen-bond donors (Lipinski definition) is 1. The second-order valence-electron chi connectivity index (χ2n) is 6.48.